The van der Waals surface area contributed by atoms with Crippen molar-refractivity contribution in [2.45, 2.75) is 23.0 Å². The van der Waals surface area contributed by atoms with Crippen molar-refractivity contribution in [1.82, 2.24) is 0 Å². The lowest BCUT2D eigenvalue weighted by molar-refractivity contribution is 0.416. The Labute approximate surface area is 181 Å². The molecule has 1 heterocycles. The van der Waals surface area contributed by atoms with Crippen LogP contribution in [0.1, 0.15) is 11.8 Å². The van der Waals surface area contributed by atoms with Crippen molar-refractivity contribution >= 4 is 42.8 Å². The molecule has 0 aliphatic rings. The molecule has 1 aromatic heterocycles. The third-order valence-electron chi connectivity index (χ3n) is 4.32. The predicted octanol–water partition coefficient (Wildman–Crippen LogP) is 4.08. The second kappa shape index (κ2) is 8.66. The van der Waals surface area contributed by atoms with Crippen LogP contribution in [0.2, 0.25) is 0 Å². The van der Waals surface area contributed by atoms with E-state index in [0.717, 1.165) is 16.2 Å². The first-order valence-electron chi connectivity index (χ1n) is 9.04. The third-order valence-corrected chi connectivity index (χ3v) is 9.07. The van der Waals surface area contributed by atoms with Crippen LogP contribution in [0.5, 0.6) is 5.75 Å². The Morgan fingerprint density at radius 1 is 1.00 bits per heavy atom. The Balaban J connectivity index is 2.03. The minimum atomic E-state index is -3.92. The number of hydrogen-bond donors (Lipinski definition) is 1. The van der Waals surface area contributed by atoms with Gasteiger partial charge in [0.15, 0.2) is 0 Å². The van der Waals surface area contributed by atoms with Crippen LogP contribution in [0, 0.1) is 6.92 Å². The number of para-hydroxylation sites is 1. The lowest BCUT2D eigenvalue weighted by Crippen LogP contribution is -2.30. The second-order valence-corrected chi connectivity index (χ2v) is 11.4. The fourth-order valence-corrected chi connectivity index (χ4v) is 6.74. The van der Waals surface area contributed by atoms with Gasteiger partial charge in [-0.15, -0.1) is 11.3 Å². The zero-order valence-electron chi connectivity index (χ0n) is 16.7. The van der Waals surface area contributed by atoms with Gasteiger partial charge in [-0.1, -0.05) is 18.2 Å². The summed E-state index contributed by atoms with van der Waals surface area (Å²) in [6.07, 6.45) is 0. The number of sulfonamides is 2. The van der Waals surface area contributed by atoms with Gasteiger partial charge in [-0.3, -0.25) is 9.03 Å². The average Bonchev–Trinajstić information content (AvgIpc) is 3.16. The summed E-state index contributed by atoms with van der Waals surface area (Å²) in [4.78, 5) is 0.800. The Morgan fingerprint density at radius 3 is 2.27 bits per heavy atom. The maximum atomic E-state index is 13.3. The van der Waals surface area contributed by atoms with Crippen LogP contribution in [0.4, 0.5) is 11.4 Å². The molecule has 0 fully saturated rings. The van der Waals surface area contributed by atoms with Crippen LogP contribution in [0.15, 0.2) is 69.8 Å². The Morgan fingerprint density at radius 2 is 1.70 bits per heavy atom. The van der Waals surface area contributed by atoms with Crippen molar-refractivity contribution < 1.29 is 21.6 Å². The first-order chi connectivity index (χ1) is 14.2. The molecule has 0 radical (unpaired) electrons. The molecule has 10 heteroatoms. The summed E-state index contributed by atoms with van der Waals surface area (Å²) in [6, 6.07) is 16.0. The lowest BCUT2D eigenvalue weighted by atomic mass is 10.3. The van der Waals surface area contributed by atoms with E-state index in [1.54, 1.807) is 50.2 Å². The Hall–Kier alpha value is -2.56. The SMILES string of the molecule is CCN(c1ccccc1)S(=O)(=O)c1ccc(OC)c(NS(=O)(=O)c2ccc(C)s2)c1. The van der Waals surface area contributed by atoms with Crippen molar-refractivity contribution in [3.63, 3.8) is 0 Å². The summed E-state index contributed by atoms with van der Waals surface area (Å²) in [5, 5.41) is 0. The number of aryl methyl sites for hydroxylation is 1. The molecule has 0 amide bonds. The number of nitrogens with zero attached hydrogens (tertiary/aromatic N) is 1. The van der Waals surface area contributed by atoms with Crippen LogP contribution >= 0.6 is 11.3 Å². The number of nitrogens with one attached hydrogen (secondary N) is 1. The van der Waals surface area contributed by atoms with Crippen molar-refractivity contribution in [2.24, 2.45) is 0 Å². The topological polar surface area (TPSA) is 92.8 Å². The highest BCUT2D eigenvalue weighted by molar-refractivity contribution is 7.94. The molecular weight excluding hydrogens is 444 g/mol. The number of hydrogen-bond acceptors (Lipinski definition) is 6. The third kappa shape index (κ3) is 4.45. The summed E-state index contributed by atoms with van der Waals surface area (Å²) >= 11 is 1.13. The van der Waals surface area contributed by atoms with Crippen molar-refractivity contribution in [2.75, 3.05) is 22.7 Å². The van der Waals surface area contributed by atoms with E-state index < -0.39 is 20.0 Å². The lowest BCUT2D eigenvalue weighted by Gasteiger charge is -2.23. The van der Waals surface area contributed by atoms with Gasteiger partial charge in [-0.2, -0.15) is 0 Å². The maximum Gasteiger partial charge on any atom is 0.271 e. The first kappa shape index (κ1) is 22.1. The molecule has 0 saturated carbocycles. The number of benzene rings is 2. The van der Waals surface area contributed by atoms with Gasteiger partial charge in [0.2, 0.25) is 0 Å². The number of thiophene rings is 1. The highest BCUT2D eigenvalue weighted by Gasteiger charge is 2.26. The van der Waals surface area contributed by atoms with Crippen LogP contribution in [-0.4, -0.2) is 30.5 Å². The first-order valence-corrected chi connectivity index (χ1v) is 12.8. The summed E-state index contributed by atoms with van der Waals surface area (Å²) in [5.41, 5.74) is 0.570. The zero-order chi connectivity index (χ0) is 21.9. The summed E-state index contributed by atoms with van der Waals surface area (Å²) < 4.78 is 61.1. The maximum absolute atomic E-state index is 13.3. The van der Waals surface area contributed by atoms with Crippen LogP contribution in [-0.2, 0) is 20.0 Å². The van der Waals surface area contributed by atoms with Crippen molar-refractivity contribution in [3.8, 4) is 5.75 Å². The van der Waals surface area contributed by atoms with Gasteiger partial charge in [-0.05, 0) is 56.3 Å². The van der Waals surface area contributed by atoms with E-state index in [1.165, 1.54) is 35.7 Å². The quantitative estimate of drug-likeness (QED) is 0.540. The molecule has 0 atom stereocenters. The largest absolute Gasteiger partial charge is 0.495 e. The van der Waals surface area contributed by atoms with Crippen LogP contribution in [0.3, 0.4) is 0 Å². The monoisotopic (exact) mass is 466 g/mol. The fourth-order valence-electron chi connectivity index (χ4n) is 2.89. The van der Waals surface area contributed by atoms with E-state index in [-0.39, 0.29) is 27.1 Å². The highest BCUT2D eigenvalue weighted by atomic mass is 32.2. The van der Waals surface area contributed by atoms with Gasteiger partial charge in [0.1, 0.15) is 9.96 Å². The van der Waals surface area contributed by atoms with Gasteiger partial charge in [0.25, 0.3) is 20.0 Å². The Bertz CT molecular complexity index is 1240. The fraction of sp³-hybridized carbons (Fsp3) is 0.200. The summed E-state index contributed by atoms with van der Waals surface area (Å²) in [5.74, 6) is 0.216. The van der Waals surface area contributed by atoms with E-state index >= 15 is 0 Å². The van der Waals surface area contributed by atoms with Crippen LogP contribution in [0.25, 0.3) is 0 Å². The van der Waals surface area contributed by atoms with Crippen LogP contribution < -0.4 is 13.8 Å². The van der Waals surface area contributed by atoms with Gasteiger partial charge < -0.3 is 4.74 Å². The molecule has 1 N–H and O–H groups in total. The second-order valence-electron chi connectivity index (χ2n) is 6.34. The molecule has 3 aromatic rings. The standard InChI is InChI=1S/C20H22N2O5S3/c1-4-22(16-8-6-5-7-9-16)30(25,26)17-11-12-19(27-3)18(14-17)21-29(23,24)20-13-10-15(2)28-20/h5-14,21H,4H2,1-3H3. The smallest absolute Gasteiger partial charge is 0.271 e. The van der Waals surface area contributed by atoms with Gasteiger partial charge in [-0.25, -0.2) is 16.8 Å². The number of anilines is 2. The summed E-state index contributed by atoms with van der Waals surface area (Å²) in [7, 11) is -6.42. The van der Waals surface area contributed by atoms with Crippen molar-refractivity contribution in [3.05, 3.63) is 65.5 Å². The van der Waals surface area contributed by atoms with Crippen molar-refractivity contribution in [1.29, 1.82) is 0 Å². The molecule has 160 valence electrons. The normalized spacial score (nSPS) is 11.8. The predicted molar refractivity (Wildman–Crippen MR) is 120 cm³/mol. The van der Waals surface area contributed by atoms with Gasteiger partial charge in [0, 0.05) is 11.4 Å². The molecular formula is C20H22N2O5S3. The van der Waals surface area contributed by atoms with E-state index in [2.05, 4.69) is 4.72 Å². The number of methoxy groups -OCH3 is 1. The number of rotatable bonds is 8. The average molecular weight is 467 g/mol. The molecule has 30 heavy (non-hydrogen) atoms. The van der Waals surface area contributed by atoms with E-state index in [9.17, 15) is 16.8 Å². The molecule has 0 unspecified atom stereocenters. The highest BCUT2D eigenvalue weighted by Crippen LogP contribution is 2.33. The molecule has 0 spiro atoms. The summed E-state index contributed by atoms with van der Waals surface area (Å²) in [6.45, 7) is 3.76. The molecule has 2 aromatic carbocycles. The number of ether oxygens (including phenoxy) is 1. The van der Waals surface area contributed by atoms with Gasteiger partial charge in [0.05, 0.1) is 23.4 Å². The molecule has 0 aliphatic carbocycles. The Kier molecular flexibility index (Phi) is 6.39. The molecule has 0 aliphatic heterocycles. The van der Waals surface area contributed by atoms with E-state index in [1.807, 2.05) is 0 Å². The van der Waals surface area contributed by atoms with E-state index in [4.69, 9.17) is 4.74 Å². The molecule has 7 nitrogen and oxygen atoms in total. The molecule has 0 bridgehead atoms. The molecule has 0 saturated heterocycles. The minimum absolute atomic E-state index is 0.0472. The minimum Gasteiger partial charge on any atom is -0.495 e. The van der Waals surface area contributed by atoms with Gasteiger partial charge >= 0.3 is 0 Å². The molecule has 3 rings (SSSR count). The van der Waals surface area contributed by atoms with E-state index in [0.29, 0.717) is 5.69 Å². The zero-order valence-corrected chi connectivity index (χ0v) is 19.1.